The lowest BCUT2D eigenvalue weighted by Crippen LogP contribution is -2.71. The second kappa shape index (κ2) is 10.2. The number of thiazole rings is 1. The van der Waals surface area contributed by atoms with Crippen LogP contribution in [0, 0.1) is 0 Å². The third-order valence-electron chi connectivity index (χ3n) is 4.42. The van der Waals surface area contributed by atoms with E-state index in [1.54, 1.807) is 0 Å². The summed E-state index contributed by atoms with van der Waals surface area (Å²) < 4.78 is 4.86. The van der Waals surface area contributed by atoms with E-state index in [0.717, 1.165) is 16.2 Å². The molecular formula is C17H16ClN5O8S2. The number of oxime groups is 1. The van der Waals surface area contributed by atoms with E-state index in [4.69, 9.17) is 16.3 Å². The number of hydrogen-bond acceptors (Lipinski definition) is 11. The second-order valence-electron chi connectivity index (χ2n) is 6.57. The smallest absolute Gasteiger partial charge is 0.352 e. The van der Waals surface area contributed by atoms with Crippen LogP contribution in [0.4, 0.5) is 5.13 Å². The zero-order valence-corrected chi connectivity index (χ0v) is 19.1. The van der Waals surface area contributed by atoms with E-state index in [9.17, 15) is 34.3 Å². The normalized spacial score (nSPS) is 20.0. The van der Waals surface area contributed by atoms with Crippen LogP contribution in [-0.4, -0.2) is 85.2 Å². The number of fused-ring (bicyclic) bond motifs is 1. The van der Waals surface area contributed by atoms with E-state index >= 15 is 0 Å². The lowest BCUT2D eigenvalue weighted by molar-refractivity contribution is -0.150. The van der Waals surface area contributed by atoms with E-state index in [2.05, 4.69) is 20.8 Å². The molecule has 1 aromatic heterocycles. The molecule has 0 radical (unpaired) electrons. The number of carbonyl (C=O) groups is 5. The van der Waals surface area contributed by atoms with Crippen molar-refractivity contribution in [2.45, 2.75) is 18.3 Å². The largest absolute Gasteiger partial charge is 0.477 e. The molecular weight excluding hydrogens is 502 g/mol. The van der Waals surface area contributed by atoms with Gasteiger partial charge in [-0.25, -0.2) is 9.78 Å². The zero-order valence-electron chi connectivity index (χ0n) is 16.7. The van der Waals surface area contributed by atoms with Gasteiger partial charge in [-0.3, -0.25) is 24.1 Å². The highest BCUT2D eigenvalue weighted by atomic mass is 35.5. The van der Waals surface area contributed by atoms with Gasteiger partial charge in [-0.05, 0) is 0 Å². The number of rotatable bonds is 8. The van der Waals surface area contributed by atoms with E-state index in [0.29, 0.717) is 0 Å². The maximum atomic E-state index is 12.7. The molecule has 0 bridgehead atoms. The Morgan fingerprint density at radius 2 is 2.12 bits per heavy atom. The molecule has 4 N–H and O–H groups in total. The van der Waals surface area contributed by atoms with Crippen LogP contribution in [0.1, 0.15) is 12.6 Å². The summed E-state index contributed by atoms with van der Waals surface area (Å²) in [5, 5.41) is 27.3. The van der Waals surface area contributed by atoms with Crippen LogP contribution in [0.15, 0.2) is 21.8 Å². The first kappa shape index (κ1) is 24.5. The summed E-state index contributed by atoms with van der Waals surface area (Å²) in [6, 6.07) is -1.09. The lowest BCUT2D eigenvalue weighted by Gasteiger charge is -2.49. The van der Waals surface area contributed by atoms with Gasteiger partial charge in [0, 0.05) is 23.6 Å². The third-order valence-corrected chi connectivity index (χ3v) is 6.76. The fraction of sp³-hybridized carbons (Fsp3) is 0.353. The average molecular weight is 518 g/mol. The first-order chi connectivity index (χ1) is 15.7. The maximum Gasteiger partial charge on any atom is 0.352 e. The summed E-state index contributed by atoms with van der Waals surface area (Å²) >= 11 is 7.55. The van der Waals surface area contributed by atoms with Gasteiger partial charge >= 0.3 is 11.9 Å². The van der Waals surface area contributed by atoms with Crippen LogP contribution in [0.2, 0.25) is 0 Å². The van der Waals surface area contributed by atoms with Gasteiger partial charge in [0.1, 0.15) is 35.3 Å². The number of hydrogen-bond donors (Lipinski definition) is 4. The Kier molecular flexibility index (Phi) is 7.55. The predicted octanol–water partition coefficient (Wildman–Crippen LogP) is -0.200. The molecule has 1 aromatic rings. The van der Waals surface area contributed by atoms with Gasteiger partial charge in [0.2, 0.25) is 5.91 Å². The summed E-state index contributed by atoms with van der Waals surface area (Å²) in [7, 11) is 0. The highest BCUT2D eigenvalue weighted by molar-refractivity contribution is 8.00. The molecule has 0 aliphatic carbocycles. The van der Waals surface area contributed by atoms with E-state index in [1.165, 1.54) is 24.1 Å². The number of alkyl halides is 1. The number of halogens is 1. The van der Waals surface area contributed by atoms with Gasteiger partial charge in [0.15, 0.2) is 10.8 Å². The minimum atomic E-state index is -1.37. The first-order valence-corrected chi connectivity index (χ1v) is 11.5. The van der Waals surface area contributed by atoms with Gasteiger partial charge in [0.05, 0.1) is 0 Å². The molecule has 2 atom stereocenters. The Morgan fingerprint density at radius 1 is 1.39 bits per heavy atom. The SMILES string of the molecule is CC(=O)OCC1=C(C(=O)O)N2C(=O)C(NC(=O)C(=NO)c3csc(NC(=O)CCl)n3)[C@@H]2SC1. The van der Waals surface area contributed by atoms with Crippen molar-refractivity contribution in [1.82, 2.24) is 15.2 Å². The molecule has 13 nitrogen and oxygen atoms in total. The predicted molar refractivity (Wildman–Crippen MR) is 116 cm³/mol. The van der Waals surface area contributed by atoms with Crippen LogP contribution >= 0.6 is 34.7 Å². The minimum absolute atomic E-state index is 0.0559. The number of nitrogens with one attached hydrogen (secondary N) is 2. The monoisotopic (exact) mass is 517 g/mol. The van der Waals surface area contributed by atoms with E-state index in [-0.39, 0.29) is 40.3 Å². The summed E-state index contributed by atoms with van der Waals surface area (Å²) in [6.45, 7) is 0.906. The van der Waals surface area contributed by atoms with Crippen molar-refractivity contribution in [2.75, 3.05) is 23.6 Å². The lowest BCUT2D eigenvalue weighted by atomic mass is 10.0. The molecule has 16 heteroatoms. The molecule has 3 amide bonds. The van der Waals surface area contributed by atoms with Crippen LogP contribution in [-0.2, 0) is 28.7 Å². The Hall–Kier alpha value is -3.17. The molecule has 2 aliphatic rings. The summed E-state index contributed by atoms with van der Waals surface area (Å²) in [5.74, 6) is -4.24. The molecule has 1 fully saturated rings. The fourth-order valence-corrected chi connectivity index (χ4v) is 5.10. The molecule has 3 heterocycles. The Morgan fingerprint density at radius 3 is 2.73 bits per heavy atom. The van der Waals surface area contributed by atoms with Crippen molar-refractivity contribution in [3.05, 3.63) is 22.3 Å². The second-order valence-corrected chi connectivity index (χ2v) is 8.80. The number of anilines is 1. The number of nitrogens with zero attached hydrogens (tertiary/aromatic N) is 3. The number of amides is 3. The highest BCUT2D eigenvalue weighted by Crippen LogP contribution is 2.40. The maximum absolute atomic E-state index is 12.7. The highest BCUT2D eigenvalue weighted by Gasteiger charge is 2.54. The number of thioether (sulfide) groups is 1. The van der Waals surface area contributed by atoms with Crippen LogP contribution in [0.3, 0.4) is 0 Å². The van der Waals surface area contributed by atoms with Gasteiger partial charge in [-0.15, -0.1) is 34.7 Å². The van der Waals surface area contributed by atoms with Crippen molar-refractivity contribution in [1.29, 1.82) is 0 Å². The van der Waals surface area contributed by atoms with Crippen LogP contribution in [0.25, 0.3) is 0 Å². The number of carboxylic acid groups (broad SMARTS) is 1. The zero-order chi connectivity index (χ0) is 24.3. The topological polar surface area (TPSA) is 188 Å². The fourth-order valence-electron chi connectivity index (χ4n) is 3.00. The van der Waals surface area contributed by atoms with Crippen molar-refractivity contribution < 1.29 is 39.0 Å². The molecule has 0 saturated carbocycles. The molecule has 3 rings (SSSR count). The molecule has 0 aromatic carbocycles. The first-order valence-electron chi connectivity index (χ1n) is 9.05. The Labute approximate surface area is 198 Å². The van der Waals surface area contributed by atoms with E-state index in [1.807, 2.05) is 0 Å². The molecule has 33 heavy (non-hydrogen) atoms. The molecule has 0 spiro atoms. The standard InChI is InChI=1S/C17H16ClN5O8S2/c1-6(24)31-3-7-4-32-15-11(14(27)23(15)12(7)16(28)29)21-13(26)10(22-30)8-5-33-17(19-8)20-9(25)2-18/h5,11,15,30H,2-4H2,1H3,(H,21,26)(H,28,29)(H,19,20,25)/t11?,15-/m0/s1. The van der Waals surface area contributed by atoms with Gasteiger partial charge in [-0.2, -0.15) is 0 Å². The number of carboxylic acids is 1. The molecule has 176 valence electrons. The van der Waals surface area contributed by atoms with Crippen LogP contribution < -0.4 is 10.6 Å². The minimum Gasteiger partial charge on any atom is -0.477 e. The van der Waals surface area contributed by atoms with Crippen molar-refractivity contribution in [3.8, 4) is 0 Å². The van der Waals surface area contributed by atoms with Crippen molar-refractivity contribution in [3.63, 3.8) is 0 Å². The van der Waals surface area contributed by atoms with Gasteiger partial charge < -0.3 is 25.7 Å². The van der Waals surface area contributed by atoms with Gasteiger partial charge in [0.25, 0.3) is 11.8 Å². The Balaban J connectivity index is 1.72. The quantitative estimate of drug-likeness (QED) is 0.0897. The number of β-lactam (4-membered cyclic amide) rings is 1. The van der Waals surface area contributed by atoms with Crippen molar-refractivity contribution in [2.24, 2.45) is 5.16 Å². The molecule has 1 unspecified atom stereocenters. The molecule has 2 aliphatic heterocycles. The number of ether oxygens (including phenoxy) is 1. The van der Waals surface area contributed by atoms with E-state index < -0.39 is 46.8 Å². The molecule has 1 saturated heterocycles. The summed E-state index contributed by atoms with van der Waals surface area (Å²) in [5.41, 5.74) is -0.608. The number of aromatic nitrogens is 1. The summed E-state index contributed by atoms with van der Waals surface area (Å²) in [6.07, 6.45) is 0. The number of aliphatic carboxylic acids is 1. The van der Waals surface area contributed by atoms with Crippen LogP contribution in [0.5, 0.6) is 0 Å². The summed E-state index contributed by atoms with van der Waals surface area (Å²) in [4.78, 5) is 64.4. The third kappa shape index (κ3) is 5.09. The number of esters is 1. The number of carbonyl (C=O) groups excluding carboxylic acids is 4. The van der Waals surface area contributed by atoms with Gasteiger partial charge in [-0.1, -0.05) is 5.16 Å². The van der Waals surface area contributed by atoms with Crippen molar-refractivity contribution >= 4 is 75.2 Å². The Bertz CT molecular complexity index is 1090. The average Bonchev–Trinajstić information content (AvgIpc) is 3.23.